The summed E-state index contributed by atoms with van der Waals surface area (Å²) in [6.07, 6.45) is 7.40. The van der Waals surface area contributed by atoms with Crippen molar-refractivity contribution in [2.24, 2.45) is 17.8 Å². The van der Waals surface area contributed by atoms with Gasteiger partial charge >= 0.3 is 0 Å². The van der Waals surface area contributed by atoms with E-state index in [1.54, 1.807) is 0 Å². The van der Waals surface area contributed by atoms with Crippen LogP contribution in [0.1, 0.15) is 109 Å². The summed E-state index contributed by atoms with van der Waals surface area (Å²) >= 11 is 0. The van der Waals surface area contributed by atoms with Crippen molar-refractivity contribution in [1.82, 2.24) is 0 Å². The van der Waals surface area contributed by atoms with Gasteiger partial charge < -0.3 is 0 Å². The highest BCUT2D eigenvalue weighted by molar-refractivity contribution is 7.61. The van der Waals surface area contributed by atoms with Crippen LogP contribution in [0, 0.1) is 17.8 Å². The minimum Gasteiger partial charge on any atom is -0.0954 e. The molecule has 27 heavy (non-hydrogen) atoms. The van der Waals surface area contributed by atoms with Crippen molar-refractivity contribution in [3.05, 3.63) is 0 Å². The molecule has 0 bridgehead atoms. The molecule has 0 N–H and O–H groups in total. The normalized spacial score (nSPS) is 26.1. The summed E-state index contributed by atoms with van der Waals surface area (Å²) in [6.45, 7) is 32.5. The molecule has 0 spiro atoms. The molecule has 0 aromatic heterocycles. The fourth-order valence-electron chi connectivity index (χ4n) is 5.64. The zero-order chi connectivity index (χ0) is 21.4. The first-order valence-electron chi connectivity index (χ1n) is 11.4. The Morgan fingerprint density at radius 3 is 1.04 bits per heavy atom. The summed E-state index contributed by atoms with van der Waals surface area (Å²) in [5, 5.41) is 1.85. The van der Waals surface area contributed by atoms with E-state index < -0.39 is 0 Å². The van der Waals surface area contributed by atoms with E-state index >= 15 is 0 Å². The molecule has 0 aromatic carbocycles. The Balaban J connectivity index is 2.97. The monoisotopic (exact) mass is 414 g/mol. The second-order valence-corrected chi connectivity index (χ2v) is 21.0. The van der Waals surface area contributed by atoms with Crippen molar-refractivity contribution in [2.75, 3.05) is 12.3 Å². The maximum Gasteiger partial charge on any atom is -0.0175 e. The van der Waals surface area contributed by atoms with Gasteiger partial charge in [-0.05, 0) is 63.5 Å². The van der Waals surface area contributed by atoms with Gasteiger partial charge in [-0.25, -0.2) is 0 Å². The fraction of sp³-hybridized carbons (Fsp3) is 1.00. The molecule has 162 valence electrons. The average Bonchev–Trinajstić information content (AvgIpc) is 2.39. The smallest absolute Gasteiger partial charge is 0.0175 e. The highest BCUT2D eigenvalue weighted by Crippen LogP contribution is 2.64. The molecule has 1 aliphatic carbocycles. The van der Waals surface area contributed by atoms with Gasteiger partial charge in [0.05, 0.1) is 0 Å². The number of hydrogen-bond donors (Lipinski definition) is 0. The quantitative estimate of drug-likeness (QED) is 0.402. The molecule has 1 fully saturated rings. The van der Waals surface area contributed by atoms with Crippen LogP contribution in [0.15, 0.2) is 0 Å². The third-order valence-corrected chi connectivity index (χ3v) is 14.9. The van der Waals surface area contributed by atoms with Crippen LogP contribution < -0.4 is 0 Å². The van der Waals surface area contributed by atoms with Gasteiger partial charge in [-0.15, -0.1) is 0 Å². The lowest BCUT2D eigenvalue weighted by Gasteiger charge is -2.49. The van der Waals surface area contributed by atoms with Gasteiger partial charge in [0.15, 0.2) is 0 Å². The third-order valence-electron chi connectivity index (χ3n) is 6.71. The lowest BCUT2D eigenvalue weighted by molar-refractivity contribution is 0.201. The Morgan fingerprint density at radius 1 is 0.556 bits per heavy atom. The van der Waals surface area contributed by atoms with Gasteiger partial charge in [0.2, 0.25) is 0 Å². The van der Waals surface area contributed by atoms with Crippen molar-refractivity contribution in [1.29, 1.82) is 0 Å². The van der Waals surface area contributed by atoms with Crippen molar-refractivity contribution in [2.45, 2.75) is 130 Å². The topological polar surface area (TPSA) is 0 Å². The van der Waals surface area contributed by atoms with Gasteiger partial charge in [0.25, 0.3) is 0 Å². The molecule has 3 atom stereocenters. The molecule has 1 saturated carbocycles. The van der Waals surface area contributed by atoms with Crippen LogP contribution in [0.25, 0.3) is 0 Å². The molecule has 0 saturated heterocycles. The fourth-order valence-corrected chi connectivity index (χ4v) is 13.8. The molecular weight excluding hydrogens is 362 g/mol. The summed E-state index contributed by atoms with van der Waals surface area (Å²) in [4.78, 5) is 0. The second-order valence-electron chi connectivity index (χ2n) is 13.2. The molecule has 1 aliphatic rings. The van der Waals surface area contributed by atoms with E-state index in [1.165, 1.54) is 31.6 Å². The van der Waals surface area contributed by atoms with E-state index in [0.717, 1.165) is 17.8 Å². The summed E-state index contributed by atoms with van der Waals surface area (Å²) in [6, 6.07) is 0. The molecule has 0 aromatic rings. The predicted molar refractivity (Wildman–Crippen MR) is 133 cm³/mol. The molecule has 1 rings (SSSR count). The highest BCUT2D eigenvalue weighted by atomic mass is 31.1. The van der Waals surface area contributed by atoms with Crippen molar-refractivity contribution < 1.29 is 0 Å². The predicted octanol–water partition coefficient (Wildman–Crippen LogP) is 9.20. The maximum atomic E-state index is 2.62. The Bertz CT molecular complexity index is 383. The van der Waals surface area contributed by atoms with Crippen LogP contribution in [0.2, 0.25) is 0 Å². The molecule has 0 radical (unpaired) electrons. The number of rotatable bonds is 4. The van der Waals surface area contributed by atoms with Gasteiger partial charge in [0, 0.05) is 0 Å². The van der Waals surface area contributed by atoms with Crippen LogP contribution in [-0.4, -0.2) is 32.9 Å². The van der Waals surface area contributed by atoms with Crippen molar-refractivity contribution in [3.63, 3.8) is 0 Å². The van der Waals surface area contributed by atoms with Gasteiger partial charge in [-0.1, -0.05) is 112 Å². The Morgan fingerprint density at radius 2 is 0.815 bits per heavy atom. The first kappa shape index (κ1) is 25.9. The summed E-state index contributed by atoms with van der Waals surface area (Å²) in [5.74, 6) is 2.80. The van der Waals surface area contributed by atoms with Crippen LogP contribution in [0.4, 0.5) is 0 Å². The van der Waals surface area contributed by atoms with E-state index in [4.69, 9.17) is 0 Å². The minimum absolute atomic E-state index is 0.0285. The van der Waals surface area contributed by atoms with Crippen LogP contribution in [0.3, 0.4) is 0 Å². The molecule has 0 amide bonds. The summed E-state index contributed by atoms with van der Waals surface area (Å²) < 4.78 is 0. The van der Waals surface area contributed by atoms with Crippen LogP contribution in [-0.2, 0) is 0 Å². The maximum absolute atomic E-state index is 2.62. The standard InChI is InChI=1S/C25H52P2/c1-19-20(17-26(22(2,3)4)23(5,6)7)15-14-16-21(19)18-27(24(8,9)10)25(11,12)13/h19-21H,14-18H2,1-13H3/t19?,20-,21+. The molecule has 2 heteroatoms. The lowest BCUT2D eigenvalue weighted by atomic mass is 9.74. The molecule has 0 aliphatic heterocycles. The van der Waals surface area contributed by atoms with Crippen molar-refractivity contribution in [3.8, 4) is 0 Å². The molecular formula is C25H52P2. The first-order valence-corrected chi connectivity index (χ1v) is 14.5. The largest absolute Gasteiger partial charge is 0.0954 e. The third kappa shape index (κ3) is 7.56. The van der Waals surface area contributed by atoms with E-state index in [0.29, 0.717) is 20.6 Å². The number of hydrogen-bond acceptors (Lipinski definition) is 0. The first-order chi connectivity index (χ1) is 11.8. The minimum atomic E-state index is 0.0285. The molecule has 0 nitrogen and oxygen atoms in total. The lowest BCUT2D eigenvalue weighted by Crippen LogP contribution is -2.37. The van der Waals surface area contributed by atoms with E-state index in [1.807, 2.05) is 0 Å². The van der Waals surface area contributed by atoms with Crippen LogP contribution in [0.5, 0.6) is 0 Å². The SMILES string of the molecule is CC1[C@@H](CP(C(C)(C)C)C(C)(C)C)CCC[C@H]1CP(C(C)(C)C)C(C)(C)C. The van der Waals surface area contributed by atoms with Gasteiger partial charge in [-0.2, -0.15) is 0 Å². The van der Waals surface area contributed by atoms with Gasteiger partial charge in [0.1, 0.15) is 0 Å². The van der Waals surface area contributed by atoms with Gasteiger partial charge in [-0.3, -0.25) is 0 Å². The Kier molecular flexibility index (Phi) is 8.56. The zero-order valence-corrected chi connectivity index (χ0v) is 23.0. The summed E-state index contributed by atoms with van der Waals surface area (Å²) in [5.41, 5.74) is 0. The van der Waals surface area contributed by atoms with Crippen LogP contribution >= 0.6 is 15.8 Å². The zero-order valence-electron chi connectivity index (χ0n) is 21.2. The molecule has 0 heterocycles. The summed E-state index contributed by atoms with van der Waals surface area (Å²) in [7, 11) is 0.0570. The van der Waals surface area contributed by atoms with E-state index in [9.17, 15) is 0 Å². The van der Waals surface area contributed by atoms with Crippen molar-refractivity contribution >= 4 is 15.8 Å². The highest BCUT2D eigenvalue weighted by Gasteiger charge is 2.42. The Labute approximate surface area is 175 Å². The van der Waals surface area contributed by atoms with E-state index in [-0.39, 0.29) is 15.8 Å². The Hall–Kier alpha value is 0.860. The second kappa shape index (κ2) is 8.93. The molecule has 1 unspecified atom stereocenters. The average molecular weight is 415 g/mol. The van der Waals surface area contributed by atoms with E-state index in [2.05, 4.69) is 90.0 Å².